The van der Waals surface area contributed by atoms with E-state index in [1.165, 1.54) is 6.42 Å². The number of rotatable bonds is 2. The van der Waals surface area contributed by atoms with Crippen LogP contribution in [-0.2, 0) is 4.74 Å². The average molecular weight is 274 g/mol. The van der Waals surface area contributed by atoms with Crippen LogP contribution in [0.25, 0.3) is 0 Å². The third-order valence-electron chi connectivity index (χ3n) is 4.35. The van der Waals surface area contributed by atoms with Crippen molar-refractivity contribution in [1.82, 2.24) is 4.98 Å². The van der Waals surface area contributed by atoms with Crippen LogP contribution < -0.4 is 10.6 Å². The molecule has 108 valence electrons. The summed E-state index contributed by atoms with van der Waals surface area (Å²) >= 11 is 0. The first-order valence-corrected chi connectivity index (χ1v) is 7.29. The molecule has 0 aromatic carbocycles. The van der Waals surface area contributed by atoms with Gasteiger partial charge in [-0.05, 0) is 44.7 Å². The standard InChI is InChI=1S/C15H22N4O/c1-9-8-10(2)18-15(13(9)14(16)17)19-6-7-20-12-5-3-4-11(12)19/h8,11-12H,3-7H2,1-2H3,(H3,16,17). The fraction of sp³-hybridized carbons (Fsp3) is 0.600. The topological polar surface area (TPSA) is 75.2 Å². The highest BCUT2D eigenvalue weighted by Crippen LogP contribution is 2.34. The lowest BCUT2D eigenvalue weighted by Gasteiger charge is -2.39. The summed E-state index contributed by atoms with van der Waals surface area (Å²) in [6.07, 6.45) is 3.77. The van der Waals surface area contributed by atoms with Crippen molar-refractivity contribution in [1.29, 1.82) is 5.41 Å². The van der Waals surface area contributed by atoms with Crippen LogP contribution in [0.1, 0.15) is 36.1 Å². The minimum atomic E-state index is 0.103. The SMILES string of the molecule is Cc1cc(C)c(C(=N)N)c(N2CCOC3CCCC32)n1. The van der Waals surface area contributed by atoms with Crippen molar-refractivity contribution in [3.8, 4) is 0 Å². The second kappa shape index (κ2) is 5.05. The van der Waals surface area contributed by atoms with Gasteiger partial charge >= 0.3 is 0 Å². The molecule has 2 atom stereocenters. The van der Waals surface area contributed by atoms with Gasteiger partial charge in [0.2, 0.25) is 0 Å². The molecular formula is C15H22N4O. The van der Waals surface area contributed by atoms with Crippen molar-refractivity contribution in [2.75, 3.05) is 18.1 Å². The molecule has 2 aliphatic rings. The molecule has 20 heavy (non-hydrogen) atoms. The monoisotopic (exact) mass is 274 g/mol. The lowest BCUT2D eigenvalue weighted by molar-refractivity contribution is 0.0253. The van der Waals surface area contributed by atoms with Crippen molar-refractivity contribution in [3.05, 3.63) is 22.9 Å². The maximum absolute atomic E-state index is 7.87. The zero-order chi connectivity index (χ0) is 14.3. The Bertz CT molecular complexity index is 543. The van der Waals surface area contributed by atoms with E-state index < -0.39 is 0 Å². The molecule has 1 aliphatic carbocycles. The summed E-state index contributed by atoms with van der Waals surface area (Å²) in [7, 11) is 0. The maximum Gasteiger partial charge on any atom is 0.140 e. The second-order valence-electron chi connectivity index (χ2n) is 5.79. The molecule has 1 saturated heterocycles. The van der Waals surface area contributed by atoms with Crippen LogP contribution in [0.4, 0.5) is 5.82 Å². The van der Waals surface area contributed by atoms with E-state index in [2.05, 4.69) is 9.88 Å². The second-order valence-corrected chi connectivity index (χ2v) is 5.79. The van der Waals surface area contributed by atoms with Crippen LogP contribution >= 0.6 is 0 Å². The van der Waals surface area contributed by atoms with Crippen LogP contribution in [-0.4, -0.2) is 36.1 Å². The zero-order valence-electron chi connectivity index (χ0n) is 12.1. The van der Waals surface area contributed by atoms with Gasteiger partial charge in [0, 0.05) is 12.2 Å². The maximum atomic E-state index is 7.87. The summed E-state index contributed by atoms with van der Waals surface area (Å²) in [5, 5.41) is 7.87. The van der Waals surface area contributed by atoms with Crippen LogP contribution in [0, 0.1) is 19.3 Å². The molecule has 3 N–H and O–H groups in total. The van der Waals surface area contributed by atoms with Gasteiger partial charge in [0.25, 0.3) is 0 Å². The average Bonchev–Trinajstić information content (AvgIpc) is 2.84. The quantitative estimate of drug-likeness (QED) is 0.636. The van der Waals surface area contributed by atoms with E-state index in [0.29, 0.717) is 12.1 Å². The molecule has 0 amide bonds. The number of nitrogens with one attached hydrogen (secondary N) is 1. The predicted molar refractivity (Wildman–Crippen MR) is 79.5 cm³/mol. The van der Waals surface area contributed by atoms with E-state index in [4.69, 9.17) is 15.9 Å². The van der Waals surface area contributed by atoms with Crippen molar-refractivity contribution >= 4 is 11.7 Å². The number of aryl methyl sites for hydroxylation is 2. The Labute approximate surface area is 119 Å². The van der Waals surface area contributed by atoms with Crippen molar-refractivity contribution in [2.45, 2.75) is 45.3 Å². The molecule has 5 nitrogen and oxygen atoms in total. The van der Waals surface area contributed by atoms with Gasteiger partial charge in [-0.3, -0.25) is 5.41 Å². The smallest absolute Gasteiger partial charge is 0.140 e. The van der Waals surface area contributed by atoms with E-state index in [-0.39, 0.29) is 5.84 Å². The first-order valence-electron chi connectivity index (χ1n) is 7.29. The third-order valence-corrected chi connectivity index (χ3v) is 4.35. The predicted octanol–water partition coefficient (Wildman–Crippen LogP) is 1.74. The largest absolute Gasteiger partial charge is 0.384 e. The zero-order valence-corrected chi connectivity index (χ0v) is 12.1. The van der Waals surface area contributed by atoms with Gasteiger partial charge in [0.15, 0.2) is 0 Å². The Hall–Kier alpha value is -1.62. The molecule has 1 aromatic rings. The van der Waals surface area contributed by atoms with Gasteiger partial charge in [0.1, 0.15) is 11.7 Å². The van der Waals surface area contributed by atoms with Crippen molar-refractivity contribution in [3.63, 3.8) is 0 Å². The summed E-state index contributed by atoms with van der Waals surface area (Å²) in [6, 6.07) is 2.38. The lowest BCUT2D eigenvalue weighted by Crippen LogP contribution is -2.49. The van der Waals surface area contributed by atoms with Crippen LogP contribution in [0.2, 0.25) is 0 Å². The number of morpholine rings is 1. The molecule has 0 radical (unpaired) electrons. The molecule has 1 aliphatic heterocycles. The molecule has 0 bridgehead atoms. The van der Waals surface area contributed by atoms with E-state index in [1.807, 2.05) is 19.9 Å². The lowest BCUT2D eigenvalue weighted by atomic mass is 10.0. The number of amidine groups is 1. The first kappa shape index (κ1) is 13.4. The van der Waals surface area contributed by atoms with Gasteiger partial charge in [-0.2, -0.15) is 0 Å². The number of hydrogen-bond acceptors (Lipinski definition) is 4. The Kier molecular flexibility index (Phi) is 3.38. The minimum Gasteiger partial charge on any atom is -0.384 e. The number of nitrogen functional groups attached to an aromatic ring is 1. The van der Waals surface area contributed by atoms with Crippen LogP contribution in [0.3, 0.4) is 0 Å². The highest BCUT2D eigenvalue weighted by Gasteiger charge is 2.37. The molecule has 2 fully saturated rings. The molecule has 5 heteroatoms. The first-order chi connectivity index (χ1) is 9.58. The number of hydrogen-bond donors (Lipinski definition) is 2. The number of pyridine rings is 1. The number of ether oxygens (including phenoxy) is 1. The summed E-state index contributed by atoms with van der Waals surface area (Å²) in [4.78, 5) is 7.01. The number of nitrogens with two attached hydrogens (primary N) is 1. The molecule has 1 saturated carbocycles. The molecule has 3 rings (SSSR count). The van der Waals surface area contributed by atoms with E-state index in [0.717, 1.165) is 48.6 Å². The normalized spacial score (nSPS) is 25.6. The Morgan fingerprint density at radius 3 is 3.00 bits per heavy atom. The van der Waals surface area contributed by atoms with Crippen LogP contribution in [0.5, 0.6) is 0 Å². The van der Waals surface area contributed by atoms with E-state index in [1.54, 1.807) is 0 Å². The third kappa shape index (κ3) is 2.16. The van der Waals surface area contributed by atoms with Crippen molar-refractivity contribution in [2.24, 2.45) is 5.73 Å². The van der Waals surface area contributed by atoms with E-state index >= 15 is 0 Å². The molecule has 2 heterocycles. The summed E-state index contributed by atoms with van der Waals surface area (Å²) < 4.78 is 5.86. The van der Waals surface area contributed by atoms with Crippen LogP contribution in [0.15, 0.2) is 6.07 Å². The number of fused-ring (bicyclic) bond motifs is 1. The van der Waals surface area contributed by atoms with Gasteiger partial charge < -0.3 is 15.4 Å². The van der Waals surface area contributed by atoms with E-state index in [9.17, 15) is 0 Å². The van der Waals surface area contributed by atoms with Crippen molar-refractivity contribution < 1.29 is 4.74 Å². The molecular weight excluding hydrogens is 252 g/mol. The minimum absolute atomic E-state index is 0.103. The Morgan fingerprint density at radius 1 is 1.45 bits per heavy atom. The van der Waals surface area contributed by atoms with Gasteiger partial charge in [-0.25, -0.2) is 4.98 Å². The summed E-state index contributed by atoms with van der Waals surface area (Å²) in [5.74, 6) is 0.973. The molecule has 0 spiro atoms. The molecule has 2 unspecified atom stereocenters. The summed E-state index contributed by atoms with van der Waals surface area (Å²) in [6.45, 7) is 5.55. The Morgan fingerprint density at radius 2 is 2.25 bits per heavy atom. The number of anilines is 1. The Balaban J connectivity index is 2.06. The molecule has 1 aromatic heterocycles. The summed E-state index contributed by atoms with van der Waals surface area (Å²) in [5.41, 5.74) is 8.58. The highest BCUT2D eigenvalue weighted by atomic mass is 16.5. The fourth-order valence-electron chi connectivity index (χ4n) is 3.55. The number of nitrogens with zero attached hydrogens (tertiary/aromatic N) is 2. The van der Waals surface area contributed by atoms with Gasteiger partial charge in [0.05, 0.1) is 24.3 Å². The highest BCUT2D eigenvalue weighted by molar-refractivity contribution is 6.01. The fourth-order valence-corrected chi connectivity index (χ4v) is 3.55. The number of aromatic nitrogens is 1. The van der Waals surface area contributed by atoms with Gasteiger partial charge in [-0.15, -0.1) is 0 Å². The van der Waals surface area contributed by atoms with Gasteiger partial charge in [-0.1, -0.05) is 0 Å².